The highest BCUT2D eigenvalue weighted by molar-refractivity contribution is 7.91. The van der Waals surface area contributed by atoms with E-state index in [9.17, 15) is 13.2 Å². The minimum atomic E-state index is -3.96. The fourth-order valence-electron chi connectivity index (χ4n) is 1.88. The first-order valence-electron chi connectivity index (χ1n) is 5.71. The minimum absolute atomic E-state index is 0.239. The Morgan fingerprint density at radius 3 is 2.89 bits per heavy atom. The molecule has 19 heavy (non-hydrogen) atoms. The number of amides is 1. The molecule has 1 amide bonds. The van der Waals surface area contributed by atoms with E-state index in [0.29, 0.717) is 18.8 Å². The van der Waals surface area contributed by atoms with E-state index >= 15 is 0 Å². The predicted molar refractivity (Wildman–Crippen MR) is 70.0 cm³/mol. The van der Waals surface area contributed by atoms with Gasteiger partial charge in [0.15, 0.2) is 0 Å². The summed E-state index contributed by atoms with van der Waals surface area (Å²) < 4.78 is 31.7. The van der Waals surface area contributed by atoms with Gasteiger partial charge in [-0.05, 0) is 11.6 Å². The number of methoxy groups -OCH3 is 1. The Balaban J connectivity index is 2.36. The zero-order valence-electron chi connectivity index (χ0n) is 10.4. The molecule has 2 N–H and O–H groups in total. The number of nitrogens with zero attached hydrogens (tertiary/aromatic N) is 1. The SMILES string of the molecule is COC(=O)NS(=O)(=O)N1CCNCc2ccccc21. The summed E-state index contributed by atoms with van der Waals surface area (Å²) in [4.78, 5) is 11.1. The van der Waals surface area contributed by atoms with Crippen LogP contribution < -0.4 is 14.3 Å². The lowest BCUT2D eigenvalue weighted by Gasteiger charge is -2.23. The predicted octanol–water partition coefficient (Wildman–Crippen LogP) is 0.197. The van der Waals surface area contributed by atoms with Gasteiger partial charge in [0.2, 0.25) is 0 Å². The molecule has 0 saturated carbocycles. The van der Waals surface area contributed by atoms with Crippen molar-refractivity contribution in [3.05, 3.63) is 29.8 Å². The van der Waals surface area contributed by atoms with Gasteiger partial charge in [0.05, 0.1) is 12.8 Å². The molecule has 104 valence electrons. The van der Waals surface area contributed by atoms with E-state index in [1.165, 1.54) is 4.31 Å². The van der Waals surface area contributed by atoms with Crippen molar-refractivity contribution in [2.75, 3.05) is 24.5 Å². The summed E-state index contributed by atoms with van der Waals surface area (Å²) in [6, 6.07) is 7.14. The topological polar surface area (TPSA) is 87.7 Å². The standard InChI is InChI=1S/C11H15N3O4S/c1-18-11(15)13-19(16,17)14-7-6-12-8-9-4-2-3-5-10(9)14/h2-5,12H,6-8H2,1H3,(H,13,15). The van der Waals surface area contributed by atoms with E-state index in [1.54, 1.807) is 12.1 Å². The summed E-state index contributed by atoms with van der Waals surface area (Å²) in [5, 5.41) is 3.12. The first-order chi connectivity index (χ1) is 9.04. The molecule has 0 saturated heterocycles. The summed E-state index contributed by atoms with van der Waals surface area (Å²) in [6.45, 7) is 1.32. The zero-order valence-corrected chi connectivity index (χ0v) is 11.2. The van der Waals surface area contributed by atoms with E-state index in [-0.39, 0.29) is 6.54 Å². The van der Waals surface area contributed by atoms with Gasteiger partial charge >= 0.3 is 16.3 Å². The zero-order chi connectivity index (χ0) is 13.9. The highest BCUT2D eigenvalue weighted by Gasteiger charge is 2.27. The number of carbonyl (C=O) groups excluding carboxylic acids is 1. The Labute approximate surface area is 111 Å². The normalized spacial score (nSPS) is 15.3. The van der Waals surface area contributed by atoms with Crippen LogP contribution in [0, 0.1) is 0 Å². The Morgan fingerprint density at radius 1 is 1.42 bits per heavy atom. The average Bonchev–Trinajstić information content (AvgIpc) is 2.60. The van der Waals surface area contributed by atoms with Crippen LogP contribution in [-0.2, 0) is 21.5 Å². The molecular formula is C11H15N3O4S. The maximum absolute atomic E-state index is 12.2. The number of hydrogen-bond acceptors (Lipinski definition) is 5. The Bertz CT molecular complexity index is 573. The van der Waals surface area contributed by atoms with E-state index in [4.69, 9.17) is 0 Å². The summed E-state index contributed by atoms with van der Waals surface area (Å²) in [5.41, 5.74) is 1.42. The lowest BCUT2D eigenvalue weighted by atomic mass is 10.2. The third-order valence-electron chi connectivity index (χ3n) is 2.76. The number of nitrogens with one attached hydrogen (secondary N) is 2. The highest BCUT2D eigenvalue weighted by atomic mass is 32.2. The molecule has 0 bridgehead atoms. The van der Waals surface area contributed by atoms with E-state index in [1.807, 2.05) is 16.9 Å². The molecule has 1 heterocycles. The molecule has 2 rings (SSSR count). The van der Waals surface area contributed by atoms with Crippen molar-refractivity contribution in [1.29, 1.82) is 0 Å². The average molecular weight is 285 g/mol. The Kier molecular flexibility index (Phi) is 3.91. The van der Waals surface area contributed by atoms with Crippen molar-refractivity contribution >= 4 is 22.0 Å². The maximum atomic E-state index is 12.2. The number of benzene rings is 1. The van der Waals surface area contributed by atoms with Crippen LogP contribution in [0.25, 0.3) is 0 Å². The molecule has 1 aromatic carbocycles. The van der Waals surface area contributed by atoms with Crippen molar-refractivity contribution < 1.29 is 17.9 Å². The molecule has 7 nitrogen and oxygen atoms in total. The number of rotatable bonds is 2. The smallest absolute Gasteiger partial charge is 0.422 e. The number of ether oxygens (including phenoxy) is 1. The fourth-order valence-corrected chi connectivity index (χ4v) is 3.05. The first-order valence-corrected chi connectivity index (χ1v) is 7.15. The van der Waals surface area contributed by atoms with Crippen LogP contribution in [-0.4, -0.2) is 34.7 Å². The van der Waals surface area contributed by atoms with Gasteiger partial charge in [0, 0.05) is 19.6 Å². The van der Waals surface area contributed by atoms with Crippen LogP contribution in [0.2, 0.25) is 0 Å². The van der Waals surface area contributed by atoms with E-state index < -0.39 is 16.3 Å². The van der Waals surface area contributed by atoms with E-state index in [2.05, 4.69) is 10.1 Å². The molecule has 0 radical (unpaired) electrons. The van der Waals surface area contributed by atoms with Gasteiger partial charge in [0.1, 0.15) is 0 Å². The van der Waals surface area contributed by atoms with Gasteiger partial charge in [-0.2, -0.15) is 8.42 Å². The Morgan fingerprint density at radius 2 is 2.16 bits per heavy atom. The number of carbonyl (C=O) groups is 1. The molecule has 0 atom stereocenters. The molecule has 1 aliphatic rings. The Hall–Kier alpha value is -1.80. The van der Waals surface area contributed by atoms with Gasteiger partial charge in [-0.3, -0.25) is 4.31 Å². The number of anilines is 1. The number of para-hydroxylation sites is 1. The van der Waals surface area contributed by atoms with Crippen molar-refractivity contribution in [2.24, 2.45) is 0 Å². The molecule has 8 heteroatoms. The second-order valence-electron chi connectivity index (χ2n) is 3.98. The lowest BCUT2D eigenvalue weighted by molar-refractivity contribution is 0.177. The summed E-state index contributed by atoms with van der Waals surface area (Å²) in [6.07, 6.45) is -1.00. The molecule has 0 fully saturated rings. The summed E-state index contributed by atoms with van der Waals surface area (Å²) >= 11 is 0. The monoisotopic (exact) mass is 285 g/mol. The third-order valence-corrected chi connectivity index (χ3v) is 4.14. The van der Waals surface area contributed by atoms with Gasteiger partial charge in [-0.25, -0.2) is 9.52 Å². The van der Waals surface area contributed by atoms with Gasteiger partial charge in [0.25, 0.3) is 0 Å². The minimum Gasteiger partial charge on any atom is -0.452 e. The third kappa shape index (κ3) is 2.96. The quantitative estimate of drug-likeness (QED) is 0.810. The summed E-state index contributed by atoms with van der Waals surface area (Å²) in [5.74, 6) is 0. The van der Waals surface area contributed by atoms with Crippen LogP contribution in [0.5, 0.6) is 0 Å². The van der Waals surface area contributed by atoms with Gasteiger partial charge < -0.3 is 10.1 Å². The van der Waals surface area contributed by atoms with E-state index in [0.717, 1.165) is 12.7 Å². The lowest BCUT2D eigenvalue weighted by Crippen LogP contribution is -2.45. The first kappa shape index (κ1) is 13.6. The van der Waals surface area contributed by atoms with Gasteiger partial charge in [-0.1, -0.05) is 18.2 Å². The van der Waals surface area contributed by atoms with Crippen LogP contribution in [0.3, 0.4) is 0 Å². The second kappa shape index (κ2) is 5.45. The number of fused-ring (bicyclic) bond motifs is 1. The molecule has 1 aliphatic heterocycles. The summed E-state index contributed by atoms with van der Waals surface area (Å²) in [7, 11) is -2.85. The van der Waals surface area contributed by atoms with Crippen LogP contribution in [0.4, 0.5) is 10.5 Å². The largest absolute Gasteiger partial charge is 0.452 e. The van der Waals surface area contributed by atoms with Crippen molar-refractivity contribution in [3.63, 3.8) is 0 Å². The fraction of sp³-hybridized carbons (Fsp3) is 0.364. The molecule has 1 aromatic rings. The van der Waals surface area contributed by atoms with Gasteiger partial charge in [-0.15, -0.1) is 0 Å². The number of hydrogen-bond donors (Lipinski definition) is 2. The molecule has 0 aromatic heterocycles. The van der Waals surface area contributed by atoms with Crippen molar-refractivity contribution in [3.8, 4) is 0 Å². The van der Waals surface area contributed by atoms with Crippen molar-refractivity contribution in [1.82, 2.24) is 10.0 Å². The highest BCUT2D eigenvalue weighted by Crippen LogP contribution is 2.24. The molecule has 0 spiro atoms. The van der Waals surface area contributed by atoms with Crippen molar-refractivity contribution in [2.45, 2.75) is 6.54 Å². The van der Waals surface area contributed by atoms with Crippen LogP contribution >= 0.6 is 0 Å². The second-order valence-corrected chi connectivity index (χ2v) is 5.57. The molecule has 0 aliphatic carbocycles. The van der Waals surface area contributed by atoms with Crippen LogP contribution in [0.1, 0.15) is 5.56 Å². The molecule has 0 unspecified atom stereocenters. The molecular weight excluding hydrogens is 270 g/mol. The maximum Gasteiger partial charge on any atom is 0.422 e. The van der Waals surface area contributed by atoms with Crippen LogP contribution in [0.15, 0.2) is 24.3 Å².